The van der Waals surface area contributed by atoms with Gasteiger partial charge in [0.15, 0.2) is 0 Å². The Hall–Kier alpha value is -2.36. The molecule has 0 saturated heterocycles. The number of quaternary nitrogens is 1. The highest BCUT2D eigenvalue weighted by molar-refractivity contribution is 7.47. The third-order valence-corrected chi connectivity index (χ3v) is 8.69. The first kappa shape index (κ1) is 48.6. The minimum atomic E-state index is -4.40. The van der Waals surface area contributed by atoms with E-state index in [0.29, 0.717) is 30.3 Å². The van der Waals surface area contributed by atoms with Crippen molar-refractivity contribution in [2.75, 3.05) is 40.9 Å². The molecule has 0 aliphatic rings. The highest BCUT2D eigenvalue weighted by Gasteiger charge is 2.27. The van der Waals surface area contributed by atoms with Gasteiger partial charge in [-0.05, 0) is 64.2 Å². The molecular weight excluding hydrogens is 663 g/mol. The van der Waals surface area contributed by atoms with E-state index in [9.17, 15) is 24.5 Å². The number of unbranched alkanes of at least 4 members (excludes halogenated alkanes) is 6. The highest BCUT2D eigenvalue weighted by atomic mass is 31.2. The summed E-state index contributed by atoms with van der Waals surface area (Å²) in [6.45, 7) is 4.44. The fourth-order valence-corrected chi connectivity index (χ4v) is 5.35. The number of nitrogens with one attached hydrogen (secondary N) is 1. The first-order valence-corrected chi connectivity index (χ1v) is 20.6. The van der Waals surface area contributed by atoms with Crippen molar-refractivity contribution in [3.63, 3.8) is 0 Å². The summed E-state index contributed by atoms with van der Waals surface area (Å²) in [5, 5.41) is 23.9. The van der Waals surface area contributed by atoms with Gasteiger partial charge in [-0.2, -0.15) is 0 Å². The molecule has 0 saturated carbocycles. The van der Waals surface area contributed by atoms with Gasteiger partial charge in [0.05, 0.1) is 46.0 Å². The van der Waals surface area contributed by atoms with Gasteiger partial charge < -0.3 is 24.9 Å². The number of carbonyl (C=O) groups is 1. The van der Waals surface area contributed by atoms with Gasteiger partial charge in [0.25, 0.3) is 0 Å². The molecule has 10 heteroatoms. The largest absolute Gasteiger partial charge is 0.472 e. The van der Waals surface area contributed by atoms with Crippen molar-refractivity contribution < 1.29 is 38.0 Å². The molecule has 4 atom stereocenters. The zero-order valence-corrected chi connectivity index (χ0v) is 33.3. The predicted octanol–water partition coefficient (Wildman–Crippen LogP) is 8.82. The van der Waals surface area contributed by atoms with Crippen LogP contribution in [0, 0.1) is 0 Å². The van der Waals surface area contributed by atoms with Crippen molar-refractivity contribution in [1.82, 2.24) is 5.32 Å². The number of allylic oxidation sites excluding steroid dienone is 12. The molecule has 292 valence electrons. The predicted molar refractivity (Wildman–Crippen MR) is 213 cm³/mol. The monoisotopic (exact) mass is 736 g/mol. The lowest BCUT2D eigenvalue weighted by Gasteiger charge is -2.25. The van der Waals surface area contributed by atoms with Gasteiger partial charge in [-0.3, -0.25) is 13.8 Å². The van der Waals surface area contributed by atoms with Crippen LogP contribution in [0.1, 0.15) is 110 Å². The summed E-state index contributed by atoms with van der Waals surface area (Å²) < 4.78 is 23.3. The maximum absolute atomic E-state index is 12.8. The van der Waals surface area contributed by atoms with Crippen molar-refractivity contribution in [2.24, 2.45) is 0 Å². The minimum Gasteiger partial charge on any atom is -0.389 e. The Morgan fingerprint density at radius 3 is 2.04 bits per heavy atom. The van der Waals surface area contributed by atoms with Gasteiger partial charge in [0.1, 0.15) is 13.2 Å². The number of aliphatic hydroxyl groups is 2. The number of rotatable bonds is 32. The third-order valence-electron chi connectivity index (χ3n) is 7.70. The van der Waals surface area contributed by atoms with Crippen molar-refractivity contribution in [2.45, 2.75) is 128 Å². The van der Waals surface area contributed by atoms with Gasteiger partial charge in [0.2, 0.25) is 5.91 Å². The summed E-state index contributed by atoms with van der Waals surface area (Å²) >= 11 is 0. The van der Waals surface area contributed by atoms with E-state index in [2.05, 4.69) is 67.8 Å². The van der Waals surface area contributed by atoms with Crippen LogP contribution in [0.25, 0.3) is 0 Å². The minimum absolute atomic E-state index is 0.0159. The number of hydrogen-bond donors (Lipinski definition) is 4. The molecule has 0 spiro atoms. The number of amides is 1. The number of likely N-dealkylation sites (N-methyl/N-ethyl adjacent to an activating group) is 1. The van der Waals surface area contributed by atoms with Crippen LogP contribution in [0.5, 0.6) is 0 Å². The van der Waals surface area contributed by atoms with E-state index in [1.807, 2.05) is 39.4 Å². The topological polar surface area (TPSA) is 125 Å². The number of phosphoric ester groups is 1. The van der Waals surface area contributed by atoms with Crippen LogP contribution < -0.4 is 5.32 Å². The summed E-state index contributed by atoms with van der Waals surface area (Å²) in [4.78, 5) is 23.0. The summed E-state index contributed by atoms with van der Waals surface area (Å²) in [6, 6.07) is -0.960. The lowest BCUT2D eigenvalue weighted by atomic mass is 10.1. The Morgan fingerprint density at radius 1 is 0.745 bits per heavy atom. The van der Waals surface area contributed by atoms with Crippen molar-refractivity contribution in [3.8, 4) is 0 Å². The molecule has 0 aromatic heterocycles. The van der Waals surface area contributed by atoms with Crippen molar-refractivity contribution in [1.29, 1.82) is 0 Å². The molecule has 0 fully saturated rings. The summed E-state index contributed by atoms with van der Waals surface area (Å²) in [6.07, 6.45) is 39.7. The smallest absolute Gasteiger partial charge is 0.389 e. The van der Waals surface area contributed by atoms with Crippen LogP contribution in [-0.2, 0) is 18.4 Å². The molecule has 0 aliphatic heterocycles. The van der Waals surface area contributed by atoms with E-state index in [-0.39, 0.29) is 18.9 Å². The van der Waals surface area contributed by atoms with E-state index in [1.54, 1.807) is 18.2 Å². The van der Waals surface area contributed by atoms with Crippen molar-refractivity contribution >= 4 is 13.7 Å². The van der Waals surface area contributed by atoms with Gasteiger partial charge in [-0.1, -0.05) is 125 Å². The Labute approximate surface area is 310 Å². The Morgan fingerprint density at radius 2 is 1.37 bits per heavy atom. The van der Waals surface area contributed by atoms with E-state index in [1.165, 1.54) is 32.1 Å². The molecule has 51 heavy (non-hydrogen) atoms. The standard InChI is InChI=1S/C41H71N2O7P/c1-6-8-10-12-14-16-18-19-21-22-24-26-28-31-38(44)32-30-34-41(46)42-39(37-50-51(47,48)49-36-35-43(3,4)5)40(45)33-29-27-25-23-20-17-15-13-11-9-7-2/h8,10,14,16,19-21,23-24,26,28-29,31,33,38-40,44-45H,6-7,9,11-13,15,17-18,22,25,27,30,32,34-37H2,1-5H3,(H-,42,46,47,48)/p+1/b10-8-,16-14-,21-19-,23-20-,26-24-,31-28+,33-29+/t38?,39-,40+/m0/s1. The quantitative estimate of drug-likeness (QED) is 0.0179. The van der Waals surface area contributed by atoms with Gasteiger partial charge in [-0.15, -0.1) is 0 Å². The molecule has 0 aromatic rings. The molecule has 0 heterocycles. The van der Waals surface area contributed by atoms with E-state index >= 15 is 0 Å². The van der Waals surface area contributed by atoms with Crippen LogP contribution in [0.3, 0.4) is 0 Å². The molecule has 4 N–H and O–H groups in total. The van der Waals surface area contributed by atoms with Gasteiger partial charge >= 0.3 is 7.82 Å². The van der Waals surface area contributed by atoms with E-state index in [4.69, 9.17) is 9.05 Å². The lowest BCUT2D eigenvalue weighted by molar-refractivity contribution is -0.870. The summed E-state index contributed by atoms with van der Waals surface area (Å²) in [5.74, 6) is -0.355. The number of aliphatic hydroxyl groups excluding tert-OH is 2. The highest BCUT2D eigenvalue weighted by Crippen LogP contribution is 2.43. The first-order chi connectivity index (χ1) is 24.4. The number of phosphoric acid groups is 1. The molecule has 0 bridgehead atoms. The van der Waals surface area contributed by atoms with Crippen molar-refractivity contribution in [3.05, 3.63) is 85.1 Å². The van der Waals surface area contributed by atoms with Crippen LogP contribution in [0.4, 0.5) is 0 Å². The van der Waals surface area contributed by atoms with Gasteiger partial charge in [0, 0.05) is 6.42 Å². The zero-order valence-electron chi connectivity index (χ0n) is 32.4. The van der Waals surface area contributed by atoms with E-state index in [0.717, 1.165) is 38.5 Å². The van der Waals surface area contributed by atoms with Crippen LogP contribution in [0.2, 0.25) is 0 Å². The second-order valence-electron chi connectivity index (χ2n) is 13.8. The van der Waals surface area contributed by atoms with Gasteiger partial charge in [-0.25, -0.2) is 4.57 Å². The molecule has 9 nitrogen and oxygen atoms in total. The number of hydrogen-bond acceptors (Lipinski definition) is 6. The Kier molecular flexibility index (Phi) is 30.8. The SMILES string of the molecule is CC/C=C\C/C=C\C/C=C\C/C=C\C=C\C(O)CCCC(=O)N[C@@H](COP(=O)(O)OCC[N+](C)(C)C)[C@H](O)/C=C/CC/C=C\CCCCCCC. The Bertz CT molecular complexity index is 1120. The average Bonchev–Trinajstić information content (AvgIpc) is 3.06. The maximum atomic E-state index is 12.8. The van der Waals surface area contributed by atoms with E-state index < -0.39 is 32.7 Å². The van der Waals surface area contributed by atoms with Crippen LogP contribution >= 0.6 is 7.82 Å². The summed E-state index contributed by atoms with van der Waals surface area (Å²) in [5.41, 5.74) is 0. The molecule has 2 unspecified atom stereocenters. The second-order valence-corrected chi connectivity index (χ2v) is 15.2. The third kappa shape index (κ3) is 34.5. The summed E-state index contributed by atoms with van der Waals surface area (Å²) in [7, 11) is 1.41. The number of carbonyl (C=O) groups excluding carboxylic acids is 1. The number of nitrogens with zero attached hydrogens (tertiary/aromatic N) is 1. The first-order valence-electron chi connectivity index (χ1n) is 19.1. The zero-order chi connectivity index (χ0) is 38.1. The van der Waals surface area contributed by atoms with Crippen LogP contribution in [0.15, 0.2) is 85.1 Å². The molecular formula is C41H72N2O7P+. The fraction of sp³-hybridized carbons (Fsp3) is 0.634. The normalized spacial score (nSPS) is 16.2. The molecule has 0 rings (SSSR count). The fourth-order valence-electron chi connectivity index (χ4n) is 4.61. The molecule has 1 amide bonds. The lowest BCUT2D eigenvalue weighted by Crippen LogP contribution is -2.45. The van der Waals surface area contributed by atoms with Crippen LogP contribution in [-0.4, -0.2) is 84.6 Å². The molecule has 0 aliphatic carbocycles. The average molecular weight is 736 g/mol. The molecule has 0 aromatic carbocycles. The maximum Gasteiger partial charge on any atom is 0.472 e. The Balaban J connectivity index is 4.81. The molecule has 0 radical (unpaired) electrons. The second kappa shape index (κ2) is 32.3.